The number of benzene rings is 2. The molecule has 0 bridgehead atoms. The van der Waals surface area contributed by atoms with Crippen molar-refractivity contribution in [3.63, 3.8) is 0 Å². The first-order chi connectivity index (χ1) is 12.6. The molecule has 2 unspecified atom stereocenters. The molecule has 1 aliphatic carbocycles. The van der Waals surface area contributed by atoms with Gasteiger partial charge in [-0.2, -0.15) is 0 Å². The summed E-state index contributed by atoms with van der Waals surface area (Å²) >= 11 is 12.1. The lowest BCUT2D eigenvalue weighted by atomic mass is 10.0. The van der Waals surface area contributed by atoms with E-state index in [-0.39, 0.29) is 11.9 Å². The Labute approximate surface area is 164 Å². The third-order valence-corrected chi connectivity index (χ3v) is 6.42. The molecule has 2 atom stereocenters. The van der Waals surface area contributed by atoms with Crippen molar-refractivity contribution in [1.29, 1.82) is 0 Å². The SMILES string of the molecule is CN(C(=O)c1ccc(Cl)c(Cl)c1)C1c2ccccc2CC1N1CCCC1. The van der Waals surface area contributed by atoms with E-state index in [1.54, 1.807) is 18.2 Å². The van der Waals surface area contributed by atoms with Crippen LogP contribution in [0.3, 0.4) is 0 Å². The van der Waals surface area contributed by atoms with E-state index in [0.29, 0.717) is 21.7 Å². The van der Waals surface area contributed by atoms with E-state index < -0.39 is 0 Å². The van der Waals surface area contributed by atoms with Crippen molar-refractivity contribution in [2.45, 2.75) is 31.3 Å². The van der Waals surface area contributed by atoms with Gasteiger partial charge < -0.3 is 4.90 Å². The fourth-order valence-electron chi connectivity index (χ4n) is 4.38. The van der Waals surface area contributed by atoms with Crippen LogP contribution in [0.25, 0.3) is 0 Å². The average Bonchev–Trinajstić information content (AvgIpc) is 3.30. The summed E-state index contributed by atoms with van der Waals surface area (Å²) in [6, 6.07) is 14.0. The molecule has 1 amide bonds. The first-order valence-electron chi connectivity index (χ1n) is 9.10. The molecule has 136 valence electrons. The molecule has 1 heterocycles. The summed E-state index contributed by atoms with van der Waals surface area (Å²) < 4.78 is 0. The highest BCUT2D eigenvalue weighted by atomic mass is 35.5. The van der Waals surface area contributed by atoms with Gasteiger partial charge in [0.15, 0.2) is 0 Å². The van der Waals surface area contributed by atoms with Gasteiger partial charge in [0.25, 0.3) is 5.91 Å². The molecule has 4 rings (SSSR count). The Balaban J connectivity index is 1.67. The standard InChI is InChI=1S/C21H22Cl2N2O/c1-24(21(26)15-8-9-17(22)18(23)12-15)20-16-7-3-2-6-14(16)13-19(20)25-10-4-5-11-25/h2-3,6-9,12,19-20H,4-5,10-11,13H2,1H3. The van der Waals surface area contributed by atoms with Crippen LogP contribution in [-0.2, 0) is 6.42 Å². The van der Waals surface area contributed by atoms with Gasteiger partial charge in [-0.3, -0.25) is 9.69 Å². The number of amides is 1. The highest BCUT2D eigenvalue weighted by Crippen LogP contribution is 2.40. The van der Waals surface area contributed by atoms with Crippen molar-refractivity contribution in [3.8, 4) is 0 Å². The van der Waals surface area contributed by atoms with Crippen LogP contribution < -0.4 is 0 Å². The zero-order valence-corrected chi connectivity index (χ0v) is 16.3. The third kappa shape index (κ3) is 3.13. The Morgan fingerprint density at radius 3 is 2.54 bits per heavy atom. The number of likely N-dealkylation sites (N-methyl/N-ethyl adjacent to an activating group) is 1. The van der Waals surface area contributed by atoms with Gasteiger partial charge in [-0.15, -0.1) is 0 Å². The van der Waals surface area contributed by atoms with Crippen LogP contribution in [0, 0.1) is 0 Å². The fraction of sp³-hybridized carbons (Fsp3) is 0.381. The van der Waals surface area contributed by atoms with E-state index in [9.17, 15) is 4.79 Å². The number of hydrogen-bond donors (Lipinski definition) is 0. The largest absolute Gasteiger partial charge is 0.333 e. The van der Waals surface area contributed by atoms with Crippen LogP contribution in [0.5, 0.6) is 0 Å². The molecule has 3 nitrogen and oxygen atoms in total. The predicted octanol–water partition coefficient (Wildman–Crippen LogP) is 4.83. The van der Waals surface area contributed by atoms with Crippen LogP contribution in [-0.4, -0.2) is 41.9 Å². The summed E-state index contributed by atoms with van der Waals surface area (Å²) in [5, 5.41) is 0.876. The fourth-order valence-corrected chi connectivity index (χ4v) is 4.68. The van der Waals surface area contributed by atoms with Gasteiger partial charge in [0.2, 0.25) is 0 Å². The van der Waals surface area contributed by atoms with Crippen LogP contribution >= 0.6 is 23.2 Å². The van der Waals surface area contributed by atoms with Crippen LogP contribution in [0.4, 0.5) is 0 Å². The molecule has 2 aromatic rings. The first kappa shape index (κ1) is 17.8. The molecule has 2 aromatic carbocycles. The number of likely N-dealkylation sites (tertiary alicyclic amines) is 1. The molecule has 26 heavy (non-hydrogen) atoms. The lowest BCUT2D eigenvalue weighted by Gasteiger charge is -2.35. The summed E-state index contributed by atoms with van der Waals surface area (Å²) in [6.07, 6.45) is 3.48. The topological polar surface area (TPSA) is 23.6 Å². The smallest absolute Gasteiger partial charge is 0.254 e. The second-order valence-electron chi connectivity index (χ2n) is 7.20. The molecule has 1 fully saturated rings. The summed E-state index contributed by atoms with van der Waals surface area (Å²) in [5.41, 5.74) is 3.19. The van der Waals surface area contributed by atoms with Gasteiger partial charge in [-0.1, -0.05) is 47.5 Å². The van der Waals surface area contributed by atoms with E-state index in [2.05, 4.69) is 29.2 Å². The number of fused-ring (bicyclic) bond motifs is 1. The van der Waals surface area contributed by atoms with Crippen molar-refractivity contribution in [2.24, 2.45) is 0 Å². The number of carbonyl (C=O) groups is 1. The normalized spacial score (nSPS) is 22.4. The third-order valence-electron chi connectivity index (χ3n) is 5.68. The first-order valence-corrected chi connectivity index (χ1v) is 9.86. The van der Waals surface area contributed by atoms with Gasteiger partial charge in [0.05, 0.1) is 16.1 Å². The maximum atomic E-state index is 13.2. The highest BCUT2D eigenvalue weighted by molar-refractivity contribution is 6.42. The minimum Gasteiger partial charge on any atom is -0.333 e. The summed E-state index contributed by atoms with van der Waals surface area (Å²) in [5.74, 6) is -0.0190. The Morgan fingerprint density at radius 1 is 1.08 bits per heavy atom. The van der Waals surface area contributed by atoms with Crippen molar-refractivity contribution in [3.05, 3.63) is 69.2 Å². The zero-order valence-electron chi connectivity index (χ0n) is 14.8. The van der Waals surface area contributed by atoms with Crippen LogP contribution in [0.1, 0.15) is 40.4 Å². The molecular formula is C21H22Cl2N2O. The molecule has 0 aromatic heterocycles. The molecule has 0 saturated carbocycles. The number of hydrogen-bond acceptors (Lipinski definition) is 2. The lowest BCUT2D eigenvalue weighted by Crippen LogP contribution is -2.44. The number of rotatable bonds is 3. The molecule has 1 saturated heterocycles. The van der Waals surface area contributed by atoms with Crippen molar-refractivity contribution in [2.75, 3.05) is 20.1 Å². The van der Waals surface area contributed by atoms with Gasteiger partial charge in [-0.25, -0.2) is 0 Å². The Bertz CT molecular complexity index is 833. The molecule has 0 N–H and O–H groups in total. The summed E-state index contributed by atoms with van der Waals surface area (Å²) in [6.45, 7) is 2.23. The van der Waals surface area contributed by atoms with Gasteiger partial charge in [-0.05, 0) is 61.7 Å². The number of carbonyl (C=O) groups excluding carboxylic acids is 1. The van der Waals surface area contributed by atoms with Crippen molar-refractivity contribution < 1.29 is 4.79 Å². The van der Waals surface area contributed by atoms with E-state index >= 15 is 0 Å². The van der Waals surface area contributed by atoms with Crippen molar-refractivity contribution >= 4 is 29.1 Å². The van der Waals surface area contributed by atoms with Gasteiger partial charge >= 0.3 is 0 Å². The van der Waals surface area contributed by atoms with E-state index in [0.717, 1.165) is 19.5 Å². The van der Waals surface area contributed by atoms with Gasteiger partial charge in [0.1, 0.15) is 0 Å². The minimum absolute atomic E-state index is 0.0190. The van der Waals surface area contributed by atoms with E-state index in [4.69, 9.17) is 23.2 Å². The van der Waals surface area contributed by atoms with Crippen LogP contribution in [0.2, 0.25) is 10.0 Å². The monoisotopic (exact) mass is 388 g/mol. The second-order valence-corrected chi connectivity index (χ2v) is 8.02. The Morgan fingerprint density at radius 2 is 1.81 bits per heavy atom. The minimum atomic E-state index is -0.0190. The number of nitrogens with zero attached hydrogens (tertiary/aromatic N) is 2. The average molecular weight is 389 g/mol. The molecule has 5 heteroatoms. The molecule has 0 radical (unpaired) electrons. The summed E-state index contributed by atoms with van der Waals surface area (Å²) in [4.78, 5) is 17.6. The maximum Gasteiger partial charge on any atom is 0.254 e. The Hall–Kier alpha value is -1.55. The molecule has 2 aliphatic rings. The van der Waals surface area contributed by atoms with Crippen molar-refractivity contribution in [1.82, 2.24) is 9.80 Å². The predicted molar refractivity (Wildman–Crippen MR) is 106 cm³/mol. The molecular weight excluding hydrogens is 367 g/mol. The maximum absolute atomic E-state index is 13.2. The lowest BCUT2D eigenvalue weighted by molar-refractivity contribution is 0.0625. The molecule has 1 aliphatic heterocycles. The Kier molecular flexibility index (Phi) is 4.96. The quantitative estimate of drug-likeness (QED) is 0.751. The van der Waals surface area contributed by atoms with Crippen LogP contribution in [0.15, 0.2) is 42.5 Å². The zero-order chi connectivity index (χ0) is 18.3. The van der Waals surface area contributed by atoms with Gasteiger partial charge in [0, 0.05) is 18.7 Å². The number of halogens is 2. The summed E-state index contributed by atoms with van der Waals surface area (Å²) in [7, 11) is 1.90. The second kappa shape index (κ2) is 7.22. The molecule has 0 spiro atoms. The van der Waals surface area contributed by atoms with E-state index in [1.165, 1.54) is 24.0 Å². The highest BCUT2D eigenvalue weighted by Gasteiger charge is 2.40. The van der Waals surface area contributed by atoms with E-state index in [1.807, 2.05) is 11.9 Å².